The van der Waals surface area contributed by atoms with Crippen molar-refractivity contribution < 1.29 is 41.0 Å². The molecule has 0 unspecified atom stereocenters. The van der Waals surface area contributed by atoms with Crippen LogP contribution < -0.4 is 5.73 Å². The Morgan fingerprint density at radius 1 is 1.00 bits per heavy atom. The van der Waals surface area contributed by atoms with Gasteiger partial charge in [-0.15, -0.1) is 0 Å². The van der Waals surface area contributed by atoms with E-state index in [0.717, 1.165) is 13.8 Å². The number of carbonyl (C=O) groups is 2. The van der Waals surface area contributed by atoms with Crippen LogP contribution in [0.1, 0.15) is 36.5 Å². The number of nitrogens with two attached hydrogens (primary N) is 1. The highest BCUT2D eigenvalue weighted by molar-refractivity contribution is 5.81. The molecular formula is C13H13F6NO3. The van der Waals surface area contributed by atoms with Crippen molar-refractivity contribution in [2.45, 2.75) is 32.1 Å². The molecule has 0 fully saturated rings. The lowest BCUT2D eigenvalue weighted by molar-refractivity contribution is -0.143. The number of benzene rings is 1. The molecule has 1 amide bonds. The average Bonchev–Trinajstić information content (AvgIpc) is 2.34. The number of hydrogen-bond acceptors (Lipinski definition) is 2. The molecule has 0 aliphatic heterocycles. The molecule has 1 rings (SSSR count). The Bertz CT molecular complexity index is 544. The Hall–Kier alpha value is -2.26. The molecule has 0 aromatic heterocycles. The van der Waals surface area contributed by atoms with Gasteiger partial charge >= 0.3 is 12.4 Å². The number of aliphatic carboxylic acids is 1. The number of alkyl halides is 6. The van der Waals surface area contributed by atoms with Crippen LogP contribution in [0.4, 0.5) is 26.3 Å². The lowest BCUT2D eigenvalue weighted by atomic mass is 9.95. The van der Waals surface area contributed by atoms with Gasteiger partial charge in [0.15, 0.2) is 0 Å². The number of carboxylic acid groups (broad SMARTS) is 1. The first-order valence-electron chi connectivity index (χ1n) is 5.94. The Balaban J connectivity index is 0.00000108. The van der Waals surface area contributed by atoms with E-state index in [2.05, 4.69) is 0 Å². The molecule has 10 heteroatoms. The summed E-state index contributed by atoms with van der Waals surface area (Å²) < 4.78 is 75.1. The number of hydrogen-bond donors (Lipinski definition) is 2. The fourth-order valence-corrected chi connectivity index (χ4v) is 1.39. The van der Waals surface area contributed by atoms with E-state index >= 15 is 0 Å². The predicted octanol–water partition coefficient (Wildman–Crippen LogP) is 3.40. The van der Waals surface area contributed by atoms with E-state index in [-0.39, 0.29) is 6.07 Å². The van der Waals surface area contributed by atoms with Crippen LogP contribution in [0.25, 0.3) is 0 Å². The zero-order valence-corrected chi connectivity index (χ0v) is 11.9. The minimum Gasteiger partial charge on any atom is -0.481 e. The molecule has 0 saturated heterocycles. The van der Waals surface area contributed by atoms with E-state index in [1.165, 1.54) is 0 Å². The molecule has 1 atom stereocenters. The molecule has 23 heavy (non-hydrogen) atoms. The Kier molecular flexibility index (Phi) is 6.62. The molecule has 0 aliphatic rings. The van der Waals surface area contributed by atoms with Crippen molar-refractivity contribution in [2.24, 2.45) is 5.73 Å². The smallest absolute Gasteiger partial charge is 0.416 e. The molecule has 0 bridgehead atoms. The number of primary amides is 1. The van der Waals surface area contributed by atoms with Gasteiger partial charge in [0.1, 0.15) is 0 Å². The van der Waals surface area contributed by atoms with E-state index < -0.39 is 46.8 Å². The molecule has 1 aromatic carbocycles. The molecule has 0 aliphatic carbocycles. The molecule has 0 spiro atoms. The number of halogens is 6. The van der Waals surface area contributed by atoms with Gasteiger partial charge in [0.25, 0.3) is 5.97 Å². The maximum Gasteiger partial charge on any atom is 0.416 e. The quantitative estimate of drug-likeness (QED) is 0.806. The number of carbonyl (C=O) groups excluding carboxylic acids is 1. The van der Waals surface area contributed by atoms with Gasteiger partial charge in [-0.05, 0) is 30.7 Å². The van der Waals surface area contributed by atoms with Crippen LogP contribution >= 0.6 is 0 Å². The van der Waals surface area contributed by atoms with Gasteiger partial charge in [-0.1, -0.05) is 0 Å². The van der Waals surface area contributed by atoms with Crippen LogP contribution in [0, 0.1) is 0 Å². The van der Waals surface area contributed by atoms with Gasteiger partial charge in [-0.3, -0.25) is 9.59 Å². The van der Waals surface area contributed by atoms with E-state index in [1.807, 2.05) is 0 Å². The maximum atomic E-state index is 12.5. The summed E-state index contributed by atoms with van der Waals surface area (Å²) in [4.78, 5) is 19.9. The second kappa shape index (κ2) is 7.34. The molecule has 0 radical (unpaired) electrons. The van der Waals surface area contributed by atoms with Crippen LogP contribution in [0.15, 0.2) is 18.2 Å². The monoisotopic (exact) mass is 345 g/mol. The van der Waals surface area contributed by atoms with E-state index in [1.54, 1.807) is 0 Å². The van der Waals surface area contributed by atoms with Gasteiger partial charge in [0.05, 0.1) is 17.0 Å². The SMILES string of the molecule is CC(=O)O.C[C@@H](C(N)=O)c1cc(C(F)(F)F)cc(C(F)(F)F)c1. The van der Waals surface area contributed by atoms with Crippen LogP contribution in [-0.2, 0) is 21.9 Å². The third kappa shape index (κ3) is 7.02. The van der Waals surface area contributed by atoms with Crippen LogP contribution in [-0.4, -0.2) is 17.0 Å². The van der Waals surface area contributed by atoms with Crippen molar-refractivity contribution in [3.63, 3.8) is 0 Å². The maximum absolute atomic E-state index is 12.5. The summed E-state index contributed by atoms with van der Waals surface area (Å²) in [5, 5.41) is 7.42. The Labute approximate surface area is 126 Å². The summed E-state index contributed by atoms with van der Waals surface area (Å²) >= 11 is 0. The normalized spacial score (nSPS) is 12.9. The topological polar surface area (TPSA) is 80.4 Å². The summed E-state index contributed by atoms with van der Waals surface area (Å²) in [5.41, 5.74) is 1.53. The van der Waals surface area contributed by atoms with Gasteiger partial charge in [0.2, 0.25) is 5.91 Å². The zero-order chi connectivity index (χ0) is 18.6. The minimum atomic E-state index is -4.94. The predicted molar refractivity (Wildman–Crippen MR) is 67.4 cm³/mol. The summed E-state index contributed by atoms with van der Waals surface area (Å²) in [7, 11) is 0. The van der Waals surface area contributed by atoms with Gasteiger partial charge in [-0.25, -0.2) is 0 Å². The summed E-state index contributed by atoms with van der Waals surface area (Å²) in [6.45, 7) is 2.22. The molecular weight excluding hydrogens is 332 g/mol. The van der Waals surface area contributed by atoms with Crippen LogP contribution in [0.2, 0.25) is 0 Å². The van der Waals surface area contributed by atoms with Gasteiger partial charge < -0.3 is 10.8 Å². The number of rotatable bonds is 2. The fraction of sp³-hybridized carbons (Fsp3) is 0.385. The van der Waals surface area contributed by atoms with E-state index in [4.69, 9.17) is 15.6 Å². The molecule has 0 saturated carbocycles. The van der Waals surface area contributed by atoms with Crippen molar-refractivity contribution in [3.8, 4) is 0 Å². The average molecular weight is 345 g/mol. The first-order chi connectivity index (χ1) is 10.2. The molecule has 4 nitrogen and oxygen atoms in total. The first-order valence-corrected chi connectivity index (χ1v) is 5.94. The van der Waals surface area contributed by atoms with Crippen molar-refractivity contribution >= 4 is 11.9 Å². The Morgan fingerprint density at radius 3 is 1.52 bits per heavy atom. The summed E-state index contributed by atoms with van der Waals surface area (Å²) in [6, 6.07) is 0.979. The highest BCUT2D eigenvalue weighted by Gasteiger charge is 2.37. The van der Waals surface area contributed by atoms with Crippen molar-refractivity contribution in [3.05, 3.63) is 34.9 Å². The number of carboxylic acids is 1. The second-order valence-corrected chi connectivity index (χ2v) is 4.48. The molecule has 1 aromatic rings. The van der Waals surface area contributed by atoms with E-state index in [9.17, 15) is 31.1 Å². The summed E-state index contributed by atoms with van der Waals surface area (Å²) in [6.07, 6.45) is -9.87. The Morgan fingerprint density at radius 2 is 1.30 bits per heavy atom. The van der Waals surface area contributed by atoms with Gasteiger partial charge in [0, 0.05) is 6.92 Å². The van der Waals surface area contributed by atoms with Crippen molar-refractivity contribution in [2.75, 3.05) is 0 Å². The third-order valence-electron chi connectivity index (χ3n) is 2.54. The number of amides is 1. The zero-order valence-electron chi connectivity index (χ0n) is 11.9. The lowest BCUT2D eigenvalue weighted by Crippen LogP contribution is -2.20. The highest BCUT2D eigenvalue weighted by Crippen LogP contribution is 2.37. The largest absolute Gasteiger partial charge is 0.481 e. The first kappa shape index (κ1) is 20.7. The van der Waals surface area contributed by atoms with Crippen molar-refractivity contribution in [1.82, 2.24) is 0 Å². The highest BCUT2D eigenvalue weighted by atomic mass is 19.4. The standard InChI is InChI=1S/C11H9F6NO.C2H4O2/c1-5(9(18)19)6-2-7(10(12,13)14)4-8(3-6)11(15,16)17;1-2(3)4/h2-5H,1H3,(H2,18,19);1H3,(H,3,4)/t5-;/m1./s1. The third-order valence-corrected chi connectivity index (χ3v) is 2.54. The molecule has 3 N–H and O–H groups in total. The molecule has 0 heterocycles. The molecule has 130 valence electrons. The van der Waals surface area contributed by atoms with Crippen LogP contribution in [0.5, 0.6) is 0 Å². The van der Waals surface area contributed by atoms with E-state index in [0.29, 0.717) is 12.1 Å². The fourth-order valence-electron chi connectivity index (χ4n) is 1.39. The van der Waals surface area contributed by atoms with Gasteiger partial charge in [-0.2, -0.15) is 26.3 Å². The minimum absolute atomic E-state index is 0.00276. The summed E-state index contributed by atoms with van der Waals surface area (Å²) in [5.74, 6) is -3.09. The van der Waals surface area contributed by atoms with Crippen LogP contribution in [0.3, 0.4) is 0 Å². The second-order valence-electron chi connectivity index (χ2n) is 4.48. The lowest BCUT2D eigenvalue weighted by Gasteiger charge is -2.16. The van der Waals surface area contributed by atoms with Crippen molar-refractivity contribution in [1.29, 1.82) is 0 Å².